The molecule has 2 rings (SSSR count). The molecule has 2 aromatic rings. The third-order valence-electron chi connectivity index (χ3n) is 3.01. The number of hydrogen-bond acceptors (Lipinski definition) is 1. The summed E-state index contributed by atoms with van der Waals surface area (Å²) in [7, 11) is 0. The highest BCUT2D eigenvalue weighted by molar-refractivity contribution is 5.68. The Kier molecular flexibility index (Phi) is 3.27. The minimum atomic E-state index is -4.35. The van der Waals surface area contributed by atoms with Gasteiger partial charge in [-0.25, -0.2) is 0 Å². The van der Waals surface area contributed by atoms with E-state index in [0.717, 1.165) is 12.1 Å². The summed E-state index contributed by atoms with van der Waals surface area (Å²) < 4.78 is 38.0. The predicted molar refractivity (Wildman–Crippen MR) is 68.0 cm³/mol. The topological polar surface area (TPSA) is 20.2 Å². The van der Waals surface area contributed by atoms with Crippen molar-refractivity contribution in [2.75, 3.05) is 0 Å². The van der Waals surface area contributed by atoms with Crippen molar-refractivity contribution in [1.82, 2.24) is 0 Å². The maximum Gasteiger partial charge on any atom is 0.416 e. The lowest BCUT2D eigenvalue weighted by Gasteiger charge is -2.11. The molecule has 0 fully saturated rings. The second-order valence-electron chi connectivity index (χ2n) is 4.54. The van der Waals surface area contributed by atoms with Gasteiger partial charge in [0.15, 0.2) is 0 Å². The van der Waals surface area contributed by atoms with Crippen LogP contribution in [0.2, 0.25) is 0 Å². The van der Waals surface area contributed by atoms with Crippen molar-refractivity contribution < 1.29 is 18.3 Å². The largest absolute Gasteiger partial charge is 0.507 e. The average Bonchev–Trinajstić information content (AvgIpc) is 2.34. The van der Waals surface area contributed by atoms with E-state index in [0.29, 0.717) is 22.3 Å². The van der Waals surface area contributed by atoms with Crippen molar-refractivity contribution in [2.24, 2.45) is 0 Å². The lowest BCUT2D eigenvalue weighted by atomic mass is 9.98. The fourth-order valence-electron chi connectivity index (χ4n) is 2.00. The van der Waals surface area contributed by atoms with Crippen molar-refractivity contribution in [3.05, 3.63) is 53.1 Å². The summed E-state index contributed by atoms with van der Waals surface area (Å²) in [6, 6.07) is 8.53. The van der Waals surface area contributed by atoms with Crippen LogP contribution in [0.25, 0.3) is 11.1 Å². The van der Waals surface area contributed by atoms with E-state index in [-0.39, 0.29) is 5.75 Å². The highest BCUT2D eigenvalue weighted by Crippen LogP contribution is 2.34. The summed E-state index contributed by atoms with van der Waals surface area (Å²) in [4.78, 5) is 0. The molecule has 0 aliphatic heterocycles. The third kappa shape index (κ3) is 2.72. The van der Waals surface area contributed by atoms with Crippen LogP contribution in [0, 0.1) is 13.8 Å². The second kappa shape index (κ2) is 4.61. The molecule has 0 saturated heterocycles. The number of alkyl halides is 3. The number of rotatable bonds is 1. The molecule has 0 atom stereocenters. The lowest BCUT2D eigenvalue weighted by molar-refractivity contribution is -0.137. The zero-order valence-electron chi connectivity index (χ0n) is 10.5. The van der Waals surface area contributed by atoms with Crippen molar-refractivity contribution in [3.8, 4) is 16.9 Å². The summed E-state index contributed by atoms with van der Waals surface area (Å²) in [5.74, 6) is 0.177. The third-order valence-corrected chi connectivity index (χ3v) is 3.01. The van der Waals surface area contributed by atoms with E-state index in [1.165, 1.54) is 6.07 Å². The maximum atomic E-state index is 12.7. The molecule has 0 bridgehead atoms. The van der Waals surface area contributed by atoms with Gasteiger partial charge >= 0.3 is 6.18 Å². The second-order valence-corrected chi connectivity index (χ2v) is 4.54. The monoisotopic (exact) mass is 266 g/mol. The van der Waals surface area contributed by atoms with E-state index in [1.54, 1.807) is 32.0 Å². The van der Waals surface area contributed by atoms with E-state index < -0.39 is 11.7 Å². The smallest absolute Gasteiger partial charge is 0.416 e. The summed E-state index contributed by atoms with van der Waals surface area (Å²) in [5.41, 5.74) is 1.77. The summed E-state index contributed by atoms with van der Waals surface area (Å²) >= 11 is 0. The van der Waals surface area contributed by atoms with Crippen LogP contribution in [0.4, 0.5) is 13.2 Å². The van der Waals surface area contributed by atoms with Gasteiger partial charge in [-0.15, -0.1) is 0 Å². The zero-order valence-corrected chi connectivity index (χ0v) is 10.5. The fraction of sp³-hybridized carbons (Fsp3) is 0.200. The minimum absolute atomic E-state index is 0.177. The van der Waals surface area contributed by atoms with Crippen molar-refractivity contribution in [3.63, 3.8) is 0 Å². The van der Waals surface area contributed by atoms with E-state index >= 15 is 0 Å². The molecule has 0 unspecified atom stereocenters. The van der Waals surface area contributed by atoms with Gasteiger partial charge in [-0.1, -0.05) is 12.1 Å². The van der Waals surface area contributed by atoms with Crippen LogP contribution in [0.1, 0.15) is 16.7 Å². The molecular weight excluding hydrogens is 253 g/mol. The first-order valence-electron chi connectivity index (χ1n) is 5.77. The van der Waals surface area contributed by atoms with Crippen LogP contribution in [0.5, 0.6) is 5.75 Å². The van der Waals surface area contributed by atoms with Gasteiger partial charge in [-0.2, -0.15) is 13.2 Å². The van der Waals surface area contributed by atoms with Crippen LogP contribution < -0.4 is 0 Å². The summed E-state index contributed by atoms with van der Waals surface area (Å²) in [5, 5.41) is 9.68. The first kappa shape index (κ1) is 13.5. The fourth-order valence-corrected chi connectivity index (χ4v) is 2.00. The number of phenols is 1. The molecule has 0 spiro atoms. The Hall–Kier alpha value is -1.97. The standard InChI is InChI=1S/C15H13F3O/c1-9-6-12(7-10(2)14(9)19)11-4-3-5-13(8-11)15(16,17)18/h3-8,19H,1-2H3. The Bertz CT molecular complexity index is 592. The molecule has 0 aliphatic rings. The number of halogens is 3. The molecule has 19 heavy (non-hydrogen) atoms. The molecule has 0 heterocycles. The van der Waals surface area contributed by atoms with E-state index in [9.17, 15) is 18.3 Å². The first-order valence-corrected chi connectivity index (χ1v) is 5.77. The van der Waals surface area contributed by atoms with Crippen molar-refractivity contribution in [1.29, 1.82) is 0 Å². The highest BCUT2D eigenvalue weighted by Gasteiger charge is 2.30. The van der Waals surface area contributed by atoms with Crippen molar-refractivity contribution in [2.45, 2.75) is 20.0 Å². The molecule has 0 amide bonds. The van der Waals surface area contributed by atoms with Crippen LogP contribution in [-0.2, 0) is 6.18 Å². The predicted octanol–water partition coefficient (Wildman–Crippen LogP) is 4.69. The van der Waals surface area contributed by atoms with Gasteiger partial charge in [0.2, 0.25) is 0 Å². The van der Waals surface area contributed by atoms with Gasteiger partial charge in [0.25, 0.3) is 0 Å². The van der Waals surface area contributed by atoms with Crippen LogP contribution in [0.15, 0.2) is 36.4 Å². The molecule has 2 aromatic carbocycles. The van der Waals surface area contributed by atoms with Gasteiger partial charge < -0.3 is 5.11 Å². The highest BCUT2D eigenvalue weighted by atomic mass is 19.4. The average molecular weight is 266 g/mol. The van der Waals surface area contributed by atoms with Gasteiger partial charge in [-0.3, -0.25) is 0 Å². The quantitative estimate of drug-likeness (QED) is 0.793. The number of phenolic OH excluding ortho intramolecular Hbond substituents is 1. The van der Waals surface area contributed by atoms with Crippen molar-refractivity contribution >= 4 is 0 Å². The molecule has 4 heteroatoms. The normalized spacial score (nSPS) is 11.6. The van der Waals surface area contributed by atoms with E-state index in [2.05, 4.69) is 0 Å². The van der Waals surface area contributed by atoms with Crippen LogP contribution >= 0.6 is 0 Å². The van der Waals surface area contributed by atoms with Crippen LogP contribution in [-0.4, -0.2) is 5.11 Å². The molecule has 0 aliphatic carbocycles. The first-order chi connectivity index (χ1) is 8.79. The Labute approximate surface area is 109 Å². The number of benzene rings is 2. The molecule has 0 aromatic heterocycles. The summed E-state index contributed by atoms with van der Waals surface area (Å²) in [6.45, 7) is 3.44. The number of aryl methyl sites for hydroxylation is 2. The molecule has 100 valence electrons. The Morgan fingerprint density at radius 3 is 2.00 bits per heavy atom. The lowest BCUT2D eigenvalue weighted by Crippen LogP contribution is -2.04. The number of aromatic hydroxyl groups is 1. The Morgan fingerprint density at radius 2 is 1.47 bits per heavy atom. The van der Waals surface area contributed by atoms with Gasteiger partial charge in [0.1, 0.15) is 5.75 Å². The molecule has 0 saturated carbocycles. The Morgan fingerprint density at radius 1 is 0.895 bits per heavy atom. The van der Waals surface area contributed by atoms with Gasteiger partial charge in [0, 0.05) is 0 Å². The van der Waals surface area contributed by atoms with E-state index in [1.807, 2.05) is 0 Å². The molecule has 0 radical (unpaired) electrons. The molecular formula is C15H13F3O. The minimum Gasteiger partial charge on any atom is -0.507 e. The summed E-state index contributed by atoms with van der Waals surface area (Å²) in [6.07, 6.45) is -4.35. The number of hydrogen-bond donors (Lipinski definition) is 1. The molecule has 1 nitrogen and oxygen atoms in total. The van der Waals surface area contributed by atoms with Gasteiger partial charge in [0.05, 0.1) is 5.56 Å². The van der Waals surface area contributed by atoms with Gasteiger partial charge in [-0.05, 0) is 60.4 Å². The SMILES string of the molecule is Cc1cc(-c2cccc(C(F)(F)F)c2)cc(C)c1O. The zero-order chi connectivity index (χ0) is 14.2. The maximum absolute atomic E-state index is 12.7. The van der Waals surface area contributed by atoms with Crippen LogP contribution in [0.3, 0.4) is 0 Å². The van der Waals surface area contributed by atoms with E-state index in [4.69, 9.17) is 0 Å². The molecule has 1 N–H and O–H groups in total. The Balaban J connectivity index is 2.54.